The van der Waals surface area contributed by atoms with Gasteiger partial charge in [0.2, 0.25) is 11.2 Å². The first kappa shape index (κ1) is 18.5. The van der Waals surface area contributed by atoms with Crippen LogP contribution >= 0.6 is 11.3 Å². The van der Waals surface area contributed by atoms with E-state index in [1.54, 1.807) is 0 Å². The number of benzene rings is 3. The zero-order valence-electron chi connectivity index (χ0n) is 17.7. The molecule has 5 aromatic rings. The van der Waals surface area contributed by atoms with Crippen LogP contribution in [0.5, 0.6) is 0 Å². The van der Waals surface area contributed by atoms with Crippen LogP contribution in [0, 0.1) is 6.92 Å². The Balaban J connectivity index is 1.88. The molecule has 0 radical (unpaired) electrons. The molecule has 0 atom stereocenters. The van der Waals surface area contributed by atoms with Gasteiger partial charge in [0.15, 0.2) is 0 Å². The fraction of sp³-hybridized carbons (Fsp3) is 0.192. The molecule has 144 valence electrons. The average Bonchev–Trinajstić information content (AvgIpc) is 3.04. The van der Waals surface area contributed by atoms with Crippen LogP contribution in [0.4, 0.5) is 0 Å². The smallest absolute Gasteiger partial charge is 0.194 e. The highest BCUT2D eigenvalue weighted by molar-refractivity contribution is 7.25. The fourth-order valence-corrected chi connectivity index (χ4v) is 7.24. The van der Waals surface area contributed by atoms with Crippen molar-refractivity contribution in [1.82, 2.24) is 0 Å². The summed E-state index contributed by atoms with van der Waals surface area (Å²) in [4.78, 5) is 0. The van der Waals surface area contributed by atoms with E-state index >= 15 is 0 Å². The number of thiophene rings is 1. The van der Waals surface area contributed by atoms with Crippen LogP contribution in [0.3, 0.4) is 0 Å². The molecular weight excluding hydrogens is 386 g/mol. The van der Waals surface area contributed by atoms with Crippen LogP contribution in [0.25, 0.3) is 42.3 Å². The fourth-order valence-electron chi connectivity index (χ4n) is 4.46. The van der Waals surface area contributed by atoms with Crippen molar-refractivity contribution < 1.29 is 4.57 Å². The first-order chi connectivity index (χ1) is 13.8. The summed E-state index contributed by atoms with van der Waals surface area (Å²) in [5, 5.41) is 5.67. The second-order valence-electron chi connectivity index (χ2n) is 9.03. The van der Waals surface area contributed by atoms with Gasteiger partial charge in [0.1, 0.15) is 7.05 Å². The second-order valence-corrected chi connectivity index (χ2v) is 15.2. The highest BCUT2D eigenvalue weighted by Crippen LogP contribution is 2.37. The first-order valence-corrected chi connectivity index (χ1v) is 14.5. The van der Waals surface area contributed by atoms with Crippen molar-refractivity contribution in [3.05, 3.63) is 72.3 Å². The number of aromatic nitrogens is 1. The van der Waals surface area contributed by atoms with Crippen molar-refractivity contribution in [2.24, 2.45) is 7.05 Å². The van der Waals surface area contributed by atoms with Gasteiger partial charge in [-0.3, -0.25) is 0 Å². The lowest BCUT2D eigenvalue weighted by atomic mass is 10.0. The van der Waals surface area contributed by atoms with Crippen LogP contribution in [0.15, 0.2) is 66.7 Å². The van der Waals surface area contributed by atoms with E-state index in [9.17, 15) is 0 Å². The Morgan fingerprint density at radius 2 is 1.45 bits per heavy atom. The minimum absolute atomic E-state index is 1.32. The molecule has 0 amide bonds. The van der Waals surface area contributed by atoms with Gasteiger partial charge in [-0.15, -0.1) is 11.3 Å². The minimum atomic E-state index is -1.50. The van der Waals surface area contributed by atoms with Gasteiger partial charge in [0, 0.05) is 43.3 Å². The molecule has 0 unspecified atom stereocenters. The summed E-state index contributed by atoms with van der Waals surface area (Å²) in [6.07, 6.45) is 0. The third-order valence-electron chi connectivity index (χ3n) is 6.01. The van der Waals surface area contributed by atoms with Crippen LogP contribution in [-0.2, 0) is 7.05 Å². The number of pyridine rings is 1. The number of para-hydroxylation sites is 1. The number of nitrogens with zero attached hydrogens (tertiary/aromatic N) is 1. The van der Waals surface area contributed by atoms with Gasteiger partial charge in [0.05, 0.1) is 8.07 Å². The maximum absolute atomic E-state index is 2.47. The molecule has 5 rings (SSSR count). The highest BCUT2D eigenvalue weighted by atomic mass is 32.1. The quantitative estimate of drug-likeness (QED) is 0.228. The van der Waals surface area contributed by atoms with Crippen LogP contribution in [-0.4, -0.2) is 8.07 Å². The Bertz CT molecular complexity index is 1410. The summed E-state index contributed by atoms with van der Waals surface area (Å²) < 4.78 is 5.12. The molecule has 0 saturated heterocycles. The third kappa shape index (κ3) is 2.92. The molecule has 2 heterocycles. The zero-order valence-corrected chi connectivity index (χ0v) is 19.5. The Hall–Kier alpha value is -2.49. The van der Waals surface area contributed by atoms with Crippen molar-refractivity contribution in [2.45, 2.75) is 26.6 Å². The molecule has 0 aliphatic rings. The van der Waals surface area contributed by atoms with E-state index < -0.39 is 8.07 Å². The topological polar surface area (TPSA) is 3.88 Å². The number of fused-ring (bicyclic) bond motifs is 4. The molecule has 0 fully saturated rings. The number of aryl methyl sites for hydroxylation is 2. The maximum atomic E-state index is 2.47. The summed E-state index contributed by atoms with van der Waals surface area (Å²) in [7, 11) is 0.711. The number of rotatable bonds is 2. The van der Waals surface area contributed by atoms with E-state index in [4.69, 9.17) is 0 Å². The lowest BCUT2D eigenvalue weighted by Gasteiger charge is -2.20. The summed E-state index contributed by atoms with van der Waals surface area (Å²) in [6, 6.07) is 24.9. The SMILES string of the molecule is Cc1cc2sc3ccccc3c2cc1-c1cc([Si](C)(C)C)c2ccccc2[n+]1C. The van der Waals surface area contributed by atoms with E-state index in [1.165, 1.54) is 53.1 Å². The van der Waals surface area contributed by atoms with E-state index in [1.807, 2.05) is 11.3 Å². The predicted octanol–water partition coefficient (Wildman–Crippen LogP) is 6.55. The summed E-state index contributed by atoms with van der Waals surface area (Å²) in [5.41, 5.74) is 5.32. The molecule has 0 saturated carbocycles. The van der Waals surface area contributed by atoms with Crippen molar-refractivity contribution in [3.8, 4) is 11.3 Å². The average molecular weight is 413 g/mol. The predicted molar refractivity (Wildman–Crippen MR) is 131 cm³/mol. The van der Waals surface area contributed by atoms with Crippen molar-refractivity contribution >= 4 is 55.7 Å². The van der Waals surface area contributed by atoms with Crippen molar-refractivity contribution in [1.29, 1.82) is 0 Å². The van der Waals surface area contributed by atoms with Crippen LogP contribution in [0.2, 0.25) is 19.6 Å². The zero-order chi connectivity index (χ0) is 20.3. The normalized spacial score (nSPS) is 12.3. The minimum Gasteiger partial charge on any atom is -0.194 e. The van der Waals surface area contributed by atoms with Gasteiger partial charge >= 0.3 is 0 Å². The third-order valence-corrected chi connectivity index (χ3v) is 9.17. The van der Waals surface area contributed by atoms with Crippen LogP contribution < -0.4 is 9.75 Å². The summed E-state index contributed by atoms with van der Waals surface area (Å²) in [6.45, 7) is 9.59. The Labute approximate surface area is 177 Å². The molecule has 0 bridgehead atoms. The van der Waals surface area contributed by atoms with Gasteiger partial charge in [-0.25, -0.2) is 0 Å². The Kier molecular flexibility index (Phi) is 4.16. The maximum Gasteiger partial charge on any atom is 0.212 e. The molecule has 3 aromatic carbocycles. The van der Waals surface area contributed by atoms with Crippen molar-refractivity contribution in [3.63, 3.8) is 0 Å². The van der Waals surface area contributed by atoms with E-state index in [0.717, 1.165) is 0 Å². The molecule has 2 aromatic heterocycles. The molecule has 3 heteroatoms. The second kappa shape index (κ2) is 6.51. The Morgan fingerprint density at radius 1 is 0.759 bits per heavy atom. The van der Waals surface area contributed by atoms with E-state index in [0.29, 0.717) is 0 Å². The number of hydrogen-bond donors (Lipinski definition) is 0. The molecule has 0 spiro atoms. The largest absolute Gasteiger partial charge is 0.212 e. The van der Waals surface area contributed by atoms with E-state index in [2.05, 4.69) is 105 Å². The van der Waals surface area contributed by atoms with Gasteiger partial charge in [-0.05, 0) is 41.9 Å². The molecule has 0 aliphatic carbocycles. The lowest BCUT2D eigenvalue weighted by Crippen LogP contribution is -2.43. The lowest BCUT2D eigenvalue weighted by molar-refractivity contribution is -0.633. The molecule has 0 aliphatic heterocycles. The molecular formula is C26H26NSSi+. The van der Waals surface area contributed by atoms with Gasteiger partial charge in [-0.2, -0.15) is 4.57 Å². The molecule has 1 nitrogen and oxygen atoms in total. The standard InChI is InChI=1S/C26H26NSSi/c1-17-14-25-21(18-10-7-9-13-24(18)28-25)15-20(17)23-16-26(29(3,4)5)19-11-6-8-12-22(19)27(23)2/h6-16H,1-5H3/q+1. The van der Waals surface area contributed by atoms with Gasteiger partial charge in [-0.1, -0.05) is 50.0 Å². The molecule has 29 heavy (non-hydrogen) atoms. The van der Waals surface area contributed by atoms with Crippen molar-refractivity contribution in [2.75, 3.05) is 0 Å². The summed E-state index contributed by atoms with van der Waals surface area (Å²) in [5.74, 6) is 0. The highest BCUT2D eigenvalue weighted by Gasteiger charge is 2.26. The number of hydrogen-bond acceptors (Lipinski definition) is 1. The van der Waals surface area contributed by atoms with Gasteiger partial charge in [0.25, 0.3) is 0 Å². The van der Waals surface area contributed by atoms with E-state index in [-0.39, 0.29) is 0 Å². The summed E-state index contributed by atoms with van der Waals surface area (Å²) >= 11 is 1.89. The monoisotopic (exact) mass is 412 g/mol. The molecule has 0 N–H and O–H groups in total. The van der Waals surface area contributed by atoms with Crippen LogP contribution in [0.1, 0.15) is 5.56 Å². The Morgan fingerprint density at radius 3 is 2.21 bits per heavy atom. The first-order valence-electron chi connectivity index (χ1n) is 10.2. The van der Waals surface area contributed by atoms with Gasteiger partial charge < -0.3 is 0 Å².